The summed E-state index contributed by atoms with van der Waals surface area (Å²) in [5.41, 5.74) is 1.74. The molecule has 2 aromatic carbocycles. The first-order valence-electron chi connectivity index (χ1n) is 7.40. The number of hydrogen-bond acceptors (Lipinski definition) is 5. The summed E-state index contributed by atoms with van der Waals surface area (Å²) in [6.45, 7) is 0. The molecule has 1 saturated heterocycles. The molecule has 0 saturated carbocycles. The van der Waals surface area contributed by atoms with Gasteiger partial charge in [0.05, 0.1) is 4.91 Å². The predicted molar refractivity (Wildman–Crippen MR) is 104 cm³/mol. The fourth-order valence-corrected chi connectivity index (χ4v) is 3.13. The van der Waals surface area contributed by atoms with Crippen molar-refractivity contribution in [3.05, 3.63) is 76.7 Å². The maximum absolute atomic E-state index is 11.8. The van der Waals surface area contributed by atoms with Crippen molar-refractivity contribution in [3.8, 4) is 5.75 Å². The van der Waals surface area contributed by atoms with Gasteiger partial charge in [-0.05, 0) is 35.4 Å². The third-order valence-electron chi connectivity index (χ3n) is 3.25. The van der Waals surface area contributed by atoms with E-state index in [1.807, 2.05) is 30.3 Å². The van der Waals surface area contributed by atoms with E-state index in [1.165, 1.54) is 17.8 Å². The highest BCUT2D eigenvalue weighted by Gasteiger charge is 2.21. The molecule has 0 radical (unpaired) electrons. The minimum Gasteiger partial charge on any atom is -0.423 e. The first-order valence-corrected chi connectivity index (χ1v) is 8.62. The van der Waals surface area contributed by atoms with Crippen molar-refractivity contribution in [2.45, 2.75) is 0 Å². The number of benzene rings is 2. The Hall–Kier alpha value is -2.70. The summed E-state index contributed by atoms with van der Waals surface area (Å²) < 4.78 is 5.70. The number of carbonyl (C=O) groups is 2. The summed E-state index contributed by atoms with van der Waals surface area (Å²) >= 11 is 6.17. The second-order valence-electron chi connectivity index (χ2n) is 5.09. The lowest BCUT2D eigenvalue weighted by atomic mass is 10.2. The molecule has 4 nitrogen and oxygen atoms in total. The molecule has 0 bridgehead atoms. The Kier molecular flexibility index (Phi) is 5.42. The monoisotopic (exact) mass is 367 g/mol. The van der Waals surface area contributed by atoms with Crippen LogP contribution in [0.15, 0.2) is 65.6 Å². The van der Waals surface area contributed by atoms with Crippen LogP contribution in [0.25, 0.3) is 12.2 Å². The number of thiocarbonyl (C=S) groups is 1. The first kappa shape index (κ1) is 17.1. The van der Waals surface area contributed by atoms with Gasteiger partial charge in [0, 0.05) is 6.08 Å². The summed E-state index contributed by atoms with van der Waals surface area (Å²) in [6.07, 6.45) is 4.81. The fraction of sp³-hybridized carbons (Fsp3) is 0. The molecule has 0 aliphatic carbocycles. The second-order valence-corrected chi connectivity index (χ2v) is 6.81. The highest BCUT2D eigenvalue weighted by atomic mass is 32.2. The topological polar surface area (TPSA) is 55.4 Å². The number of hydrogen-bond donors (Lipinski definition) is 1. The van der Waals surface area contributed by atoms with Crippen molar-refractivity contribution in [2.24, 2.45) is 0 Å². The maximum Gasteiger partial charge on any atom is 0.336 e. The summed E-state index contributed by atoms with van der Waals surface area (Å²) in [7, 11) is 0. The van der Waals surface area contributed by atoms with E-state index in [1.54, 1.807) is 36.4 Å². The SMILES string of the molecule is O=C(/C=C/c1ccccc1)Oc1ccc(/C=C2/SC(=S)NC2=O)cc1. The van der Waals surface area contributed by atoms with Gasteiger partial charge in [-0.1, -0.05) is 66.4 Å². The number of carbonyl (C=O) groups excluding carboxylic acids is 2. The van der Waals surface area contributed by atoms with Crippen molar-refractivity contribution in [3.63, 3.8) is 0 Å². The van der Waals surface area contributed by atoms with Gasteiger partial charge in [0.1, 0.15) is 10.1 Å². The van der Waals surface area contributed by atoms with Gasteiger partial charge in [0.25, 0.3) is 5.91 Å². The minimum absolute atomic E-state index is 0.198. The van der Waals surface area contributed by atoms with Crippen LogP contribution in [-0.4, -0.2) is 16.2 Å². The van der Waals surface area contributed by atoms with Crippen molar-refractivity contribution in [2.75, 3.05) is 0 Å². The van der Waals surface area contributed by atoms with E-state index in [-0.39, 0.29) is 5.91 Å². The quantitative estimate of drug-likeness (QED) is 0.386. The minimum atomic E-state index is -0.453. The zero-order valence-corrected chi connectivity index (χ0v) is 14.6. The zero-order valence-electron chi connectivity index (χ0n) is 13.0. The lowest BCUT2D eigenvalue weighted by Gasteiger charge is -2.02. The Balaban J connectivity index is 1.62. The fourth-order valence-electron chi connectivity index (χ4n) is 2.08. The molecule has 1 fully saturated rings. The molecule has 1 heterocycles. The Labute approximate surface area is 154 Å². The molecule has 124 valence electrons. The van der Waals surface area contributed by atoms with Gasteiger partial charge in [-0.25, -0.2) is 4.79 Å². The summed E-state index contributed by atoms with van der Waals surface area (Å²) in [4.78, 5) is 24.0. The van der Waals surface area contributed by atoms with E-state index in [2.05, 4.69) is 5.32 Å². The largest absolute Gasteiger partial charge is 0.423 e. The Morgan fingerprint density at radius 3 is 2.40 bits per heavy atom. The summed E-state index contributed by atoms with van der Waals surface area (Å²) in [5.74, 6) is -0.216. The molecule has 0 aromatic heterocycles. The Morgan fingerprint density at radius 2 is 1.76 bits per heavy atom. The van der Waals surface area contributed by atoms with Crippen LogP contribution in [0.4, 0.5) is 0 Å². The number of esters is 1. The Morgan fingerprint density at radius 1 is 1.04 bits per heavy atom. The normalized spacial score (nSPS) is 15.6. The molecule has 2 aromatic rings. The van der Waals surface area contributed by atoms with Crippen LogP contribution in [0.3, 0.4) is 0 Å². The molecular weight excluding hydrogens is 354 g/mol. The average molecular weight is 367 g/mol. The lowest BCUT2D eigenvalue weighted by molar-refractivity contribution is -0.128. The van der Waals surface area contributed by atoms with Gasteiger partial charge in [-0.3, -0.25) is 4.79 Å². The molecule has 0 unspecified atom stereocenters. The number of nitrogens with one attached hydrogen (secondary N) is 1. The van der Waals surface area contributed by atoms with Gasteiger partial charge >= 0.3 is 5.97 Å². The van der Waals surface area contributed by atoms with Crippen LogP contribution in [0.2, 0.25) is 0 Å². The molecule has 1 N–H and O–H groups in total. The van der Waals surface area contributed by atoms with Crippen LogP contribution >= 0.6 is 24.0 Å². The number of thioether (sulfide) groups is 1. The summed E-state index contributed by atoms with van der Waals surface area (Å²) in [5, 5.41) is 2.56. The van der Waals surface area contributed by atoms with E-state index >= 15 is 0 Å². The third kappa shape index (κ3) is 4.89. The van der Waals surface area contributed by atoms with Crippen LogP contribution in [0.1, 0.15) is 11.1 Å². The van der Waals surface area contributed by atoms with Crippen LogP contribution in [-0.2, 0) is 9.59 Å². The highest BCUT2D eigenvalue weighted by Crippen LogP contribution is 2.26. The van der Waals surface area contributed by atoms with E-state index in [0.29, 0.717) is 15.0 Å². The molecule has 1 amide bonds. The van der Waals surface area contributed by atoms with Gasteiger partial charge in [0.15, 0.2) is 0 Å². The van der Waals surface area contributed by atoms with Crippen molar-refractivity contribution < 1.29 is 14.3 Å². The number of ether oxygens (including phenoxy) is 1. The van der Waals surface area contributed by atoms with Crippen LogP contribution in [0.5, 0.6) is 5.75 Å². The molecule has 1 aliphatic rings. The van der Waals surface area contributed by atoms with Crippen molar-refractivity contribution in [1.29, 1.82) is 0 Å². The molecule has 0 spiro atoms. The second kappa shape index (κ2) is 7.92. The molecular formula is C19H13NO3S2. The number of rotatable bonds is 4. The van der Waals surface area contributed by atoms with E-state index in [0.717, 1.165) is 11.1 Å². The molecule has 25 heavy (non-hydrogen) atoms. The molecule has 3 rings (SSSR count). The smallest absolute Gasteiger partial charge is 0.336 e. The average Bonchev–Trinajstić information content (AvgIpc) is 2.93. The van der Waals surface area contributed by atoms with Gasteiger partial charge < -0.3 is 10.1 Å². The van der Waals surface area contributed by atoms with E-state index in [9.17, 15) is 9.59 Å². The van der Waals surface area contributed by atoms with E-state index < -0.39 is 5.97 Å². The van der Waals surface area contributed by atoms with Crippen molar-refractivity contribution in [1.82, 2.24) is 5.32 Å². The highest BCUT2D eigenvalue weighted by molar-refractivity contribution is 8.26. The summed E-state index contributed by atoms with van der Waals surface area (Å²) in [6, 6.07) is 16.4. The molecule has 0 atom stereocenters. The molecule has 6 heteroatoms. The first-order chi connectivity index (χ1) is 12.1. The maximum atomic E-state index is 11.8. The standard InChI is InChI=1S/C19H13NO3S2/c21-17(11-8-13-4-2-1-3-5-13)23-15-9-6-14(7-10-15)12-16-18(22)20-19(24)25-16/h1-12H,(H,20,22,24)/b11-8+,16-12+. The van der Waals surface area contributed by atoms with Crippen LogP contribution < -0.4 is 10.1 Å². The van der Waals surface area contributed by atoms with E-state index in [4.69, 9.17) is 17.0 Å². The molecule has 1 aliphatic heterocycles. The third-order valence-corrected chi connectivity index (χ3v) is 4.41. The van der Waals surface area contributed by atoms with Crippen LogP contribution in [0, 0.1) is 0 Å². The van der Waals surface area contributed by atoms with Gasteiger partial charge in [0.2, 0.25) is 0 Å². The zero-order chi connectivity index (χ0) is 17.6. The van der Waals surface area contributed by atoms with Gasteiger partial charge in [-0.2, -0.15) is 0 Å². The Bertz CT molecular complexity index is 871. The lowest BCUT2D eigenvalue weighted by Crippen LogP contribution is -2.17. The predicted octanol–water partition coefficient (Wildman–Crippen LogP) is 3.79. The number of amides is 1. The van der Waals surface area contributed by atoms with Gasteiger partial charge in [-0.15, -0.1) is 0 Å². The van der Waals surface area contributed by atoms with Crippen molar-refractivity contribution >= 4 is 52.3 Å².